The molecule has 0 saturated heterocycles. The van der Waals surface area contributed by atoms with Crippen molar-refractivity contribution in [2.45, 2.75) is 6.54 Å². The molecule has 0 atom stereocenters. The zero-order valence-corrected chi connectivity index (χ0v) is 11.1. The predicted molar refractivity (Wildman–Crippen MR) is 67.7 cm³/mol. The van der Waals surface area contributed by atoms with Crippen LogP contribution in [0, 0.1) is 23.3 Å². The number of nitrogens with one attached hydrogen (secondary N) is 1. The third-order valence-electron chi connectivity index (χ3n) is 2.42. The fourth-order valence-corrected chi connectivity index (χ4v) is 1.91. The van der Waals surface area contributed by atoms with Gasteiger partial charge in [0, 0.05) is 18.7 Å². The molecule has 0 heterocycles. The SMILES string of the molecule is Fc1cc(F)cc(CNc2cc(Br)c(F)cc2F)c1. The molecule has 0 bridgehead atoms. The van der Waals surface area contributed by atoms with E-state index in [0.717, 1.165) is 24.3 Å². The van der Waals surface area contributed by atoms with Gasteiger partial charge in [-0.15, -0.1) is 0 Å². The van der Waals surface area contributed by atoms with Crippen LogP contribution in [0.15, 0.2) is 34.8 Å². The van der Waals surface area contributed by atoms with Gasteiger partial charge in [0.1, 0.15) is 23.3 Å². The lowest BCUT2D eigenvalue weighted by molar-refractivity contribution is 0.579. The Morgan fingerprint density at radius 2 is 1.47 bits per heavy atom. The van der Waals surface area contributed by atoms with Crippen molar-refractivity contribution in [1.29, 1.82) is 0 Å². The summed E-state index contributed by atoms with van der Waals surface area (Å²) in [6.45, 7) is 0.0175. The first-order valence-corrected chi connectivity index (χ1v) is 6.08. The molecular formula is C13H8BrF4N. The third-order valence-corrected chi connectivity index (χ3v) is 3.02. The van der Waals surface area contributed by atoms with Gasteiger partial charge >= 0.3 is 0 Å². The Morgan fingerprint density at radius 1 is 0.842 bits per heavy atom. The van der Waals surface area contributed by atoms with E-state index in [2.05, 4.69) is 21.2 Å². The molecule has 0 aliphatic carbocycles. The molecule has 0 fully saturated rings. The second-order valence-electron chi connectivity index (χ2n) is 3.88. The van der Waals surface area contributed by atoms with Crippen molar-refractivity contribution >= 4 is 21.6 Å². The fraction of sp³-hybridized carbons (Fsp3) is 0.0769. The van der Waals surface area contributed by atoms with E-state index in [9.17, 15) is 17.6 Å². The lowest BCUT2D eigenvalue weighted by Crippen LogP contribution is -2.03. The molecule has 2 aromatic rings. The molecule has 0 aliphatic rings. The zero-order chi connectivity index (χ0) is 14.0. The minimum Gasteiger partial charge on any atom is -0.379 e. The van der Waals surface area contributed by atoms with E-state index in [1.165, 1.54) is 6.07 Å². The third kappa shape index (κ3) is 3.47. The normalized spacial score (nSPS) is 10.6. The maximum atomic E-state index is 13.4. The predicted octanol–water partition coefficient (Wildman–Crippen LogP) is 4.62. The average molecular weight is 334 g/mol. The van der Waals surface area contributed by atoms with Crippen molar-refractivity contribution in [3.63, 3.8) is 0 Å². The van der Waals surface area contributed by atoms with E-state index in [1.54, 1.807) is 0 Å². The smallest absolute Gasteiger partial charge is 0.149 e. The topological polar surface area (TPSA) is 12.0 Å². The molecule has 0 spiro atoms. The standard InChI is InChI=1S/C13H8BrF4N/c14-10-4-13(12(18)5-11(10)17)19-6-7-1-8(15)3-9(16)2-7/h1-5,19H,6H2. The summed E-state index contributed by atoms with van der Waals surface area (Å²) in [6, 6.07) is 4.95. The first-order valence-electron chi connectivity index (χ1n) is 5.29. The molecule has 2 aromatic carbocycles. The monoisotopic (exact) mass is 333 g/mol. The largest absolute Gasteiger partial charge is 0.379 e. The van der Waals surface area contributed by atoms with Crippen LogP contribution in [0.3, 0.4) is 0 Å². The van der Waals surface area contributed by atoms with E-state index in [4.69, 9.17) is 0 Å². The Balaban J connectivity index is 2.16. The Labute approximate surface area is 115 Å². The van der Waals surface area contributed by atoms with Crippen LogP contribution in [0.2, 0.25) is 0 Å². The van der Waals surface area contributed by atoms with Gasteiger partial charge in [0.25, 0.3) is 0 Å². The van der Waals surface area contributed by atoms with Gasteiger partial charge in [-0.05, 0) is 39.7 Å². The highest BCUT2D eigenvalue weighted by Gasteiger charge is 2.08. The molecular weight excluding hydrogens is 326 g/mol. The van der Waals surface area contributed by atoms with Gasteiger partial charge in [-0.3, -0.25) is 0 Å². The first-order chi connectivity index (χ1) is 8.95. The lowest BCUT2D eigenvalue weighted by Gasteiger charge is -2.09. The summed E-state index contributed by atoms with van der Waals surface area (Å²) in [6.07, 6.45) is 0. The van der Waals surface area contributed by atoms with Crippen LogP contribution in [0.1, 0.15) is 5.56 Å². The van der Waals surface area contributed by atoms with E-state index in [0.29, 0.717) is 5.56 Å². The van der Waals surface area contributed by atoms with Crippen LogP contribution in [-0.2, 0) is 6.54 Å². The van der Waals surface area contributed by atoms with Crippen molar-refractivity contribution in [2.75, 3.05) is 5.32 Å². The average Bonchev–Trinajstić information content (AvgIpc) is 2.31. The van der Waals surface area contributed by atoms with Gasteiger partial charge in [0.15, 0.2) is 0 Å². The minimum atomic E-state index is -0.780. The molecule has 19 heavy (non-hydrogen) atoms. The summed E-state index contributed by atoms with van der Waals surface area (Å²) in [7, 11) is 0. The number of halogens is 5. The summed E-state index contributed by atoms with van der Waals surface area (Å²) < 4.78 is 52.4. The maximum absolute atomic E-state index is 13.4. The molecule has 6 heteroatoms. The molecule has 0 aromatic heterocycles. The molecule has 1 N–H and O–H groups in total. The maximum Gasteiger partial charge on any atom is 0.149 e. The van der Waals surface area contributed by atoms with Gasteiger partial charge in [0.2, 0.25) is 0 Å². The van der Waals surface area contributed by atoms with Crippen LogP contribution in [0.4, 0.5) is 23.2 Å². The second-order valence-corrected chi connectivity index (χ2v) is 4.73. The van der Waals surface area contributed by atoms with Crippen LogP contribution in [0.25, 0.3) is 0 Å². The zero-order valence-electron chi connectivity index (χ0n) is 9.48. The van der Waals surface area contributed by atoms with Gasteiger partial charge < -0.3 is 5.32 Å². The molecule has 2 rings (SSSR count). The number of rotatable bonds is 3. The van der Waals surface area contributed by atoms with Crippen LogP contribution in [0.5, 0.6) is 0 Å². The Bertz CT molecular complexity index is 596. The Kier molecular flexibility index (Phi) is 4.09. The highest BCUT2D eigenvalue weighted by molar-refractivity contribution is 9.10. The van der Waals surface area contributed by atoms with Crippen LogP contribution < -0.4 is 5.32 Å². The Morgan fingerprint density at radius 3 is 2.11 bits per heavy atom. The lowest BCUT2D eigenvalue weighted by atomic mass is 10.2. The first kappa shape index (κ1) is 13.9. The summed E-state index contributed by atoms with van der Waals surface area (Å²) in [5.41, 5.74) is 0.357. The van der Waals surface area contributed by atoms with Gasteiger partial charge in [0.05, 0.1) is 10.2 Å². The van der Waals surface area contributed by atoms with Gasteiger partial charge in [-0.2, -0.15) is 0 Å². The number of anilines is 1. The van der Waals surface area contributed by atoms with Crippen molar-refractivity contribution in [3.05, 3.63) is 63.6 Å². The molecule has 1 nitrogen and oxygen atoms in total. The second kappa shape index (κ2) is 5.61. The number of hydrogen-bond donors (Lipinski definition) is 1. The van der Waals surface area contributed by atoms with Crippen molar-refractivity contribution < 1.29 is 17.6 Å². The molecule has 100 valence electrons. The van der Waals surface area contributed by atoms with Crippen molar-refractivity contribution in [1.82, 2.24) is 0 Å². The van der Waals surface area contributed by atoms with Crippen LogP contribution in [-0.4, -0.2) is 0 Å². The highest BCUT2D eigenvalue weighted by Crippen LogP contribution is 2.24. The number of benzene rings is 2. The summed E-state index contributed by atoms with van der Waals surface area (Å²) >= 11 is 2.93. The van der Waals surface area contributed by atoms with Crippen LogP contribution >= 0.6 is 15.9 Å². The fourth-order valence-electron chi connectivity index (χ4n) is 1.57. The molecule has 0 amide bonds. The molecule has 0 unspecified atom stereocenters. The number of hydrogen-bond acceptors (Lipinski definition) is 1. The quantitative estimate of drug-likeness (QED) is 0.638. The van der Waals surface area contributed by atoms with Gasteiger partial charge in [-0.1, -0.05) is 0 Å². The summed E-state index contributed by atoms with van der Waals surface area (Å²) in [5.74, 6) is -2.92. The molecule has 0 saturated carbocycles. The van der Waals surface area contributed by atoms with E-state index >= 15 is 0 Å². The van der Waals surface area contributed by atoms with E-state index in [1.807, 2.05) is 0 Å². The summed E-state index contributed by atoms with van der Waals surface area (Å²) in [5, 5.41) is 2.65. The van der Waals surface area contributed by atoms with Crippen molar-refractivity contribution in [3.8, 4) is 0 Å². The highest BCUT2D eigenvalue weighted by atomic mass is 79.9. The Hall–Kier alpha value is -1.56. The van der Waals surface area contributed by atoms with Crippen molar-refractivity contribution in [2.24, 2.45) is 0 Å². The van der Waals surface area contributed by atoms with Gasteiger partial charge in [-0.25, -0.2) is 17.6 Å². The minimum absolute atomic E-state index is 0.0175. The molecule has 0 radical (unpaired) electrons. The van der Waals surface area contributed by atoms with E-state index in [-0.39, 0.29) is 16.7 Å². The summed E-state index contributed by atoms with van der Waals surface area (Å²) in [4.78, 5) is 0. The molecule has 0 aliphatic heterocycles. The van der Waals surface area contributed by atoms with E-state index < -0.39 is 23.3 Å².